The van der Waals surface area contributed by atoms with Gasteiger partial charge in [-0.15, -0.1) is 0 Å². The Balaban J connectivity index is 1.62. The second kappa shape index (κ2) is 8.19. The van der Waals surface area contributed by atoms with E-state index >= 15 is 0 Å². The van der Waals surface area contributed by atoms with Crippen LogP contribution in [0.3, 0.4) is 0 Å². The van der Waals surface area contributed by atoms with Gasteiger partial charge in [0.25, 0.3) is 6.43 Å². The van der Waals surface area contributed by atoms with E-state index in [0.717, 1.165) is 6.26 Å². The Morgan fingerprint density at radius 1 is 1.33 bits per heavy atom. The summed E-state index contributed by atoms with van der Waals surface area (Å²) in [5.41, 5.74) is 0.836. The third-order valence-electron chi connectivity index (χ3n) is 4.72. The Kier molecular flexibility index (Phi) is 4.93. The van der Waals surface area contributed by atoms with Gasteiger partial charge in [-0.05, 0) is 30.9 Å². The van der Waals surface area contributed by atoms with Crippen molar-refractivity contribution in [2.45, 2.75) is 19.3 Å². The zero-order chi connectivity index (χ0) is 23.1. The molecule has 0 spiro atoms. The number of nitrogens with zero attached hydrogens (tertiary/aromatic N) is 6. The first-order chi connectivity index (χ1) is 15.0. The number of imidazole rings is 1. The standard InChI is InChI=1S/C18H21F2N7O2S/c1-30(28,29)24-8-12-3-2-6-26(10-12)17-7-14(22-11-23-17)15-9-21-16-5-4-13(18(19)20)25-27(15)16/h4-5,7,9,11-12,18,24H,2-3,6,8,10H2,1H3/i8D2. The first-order valence-corrected chi connectivity index (χ1v) is 11.1. The van der Waals surface area contributed by atoms with Crippen LogP contribution < -0.4 is 9.62 Å². The highest BCUT2D eigenvalue weighted by molar-refractivity contribution is 7.88. The van der Waals surface area contributed by atoms with Crippen molar-refractivity contribution < 1.29 is 19.9 Å². The predicted molar refractivity (Wildman–Crippen MR) is 107 cm³/mol. The number of sulfonamides is 1. The first kappa shape index (κ1) is 18.1. The molecule has 0 aliphatic carbocycles. The van der Waals surface area contributed by atoms with E-state index in [0.29, 0.717) is 42.2 Å². The summed E-state index contributed by atoms with van der Waals surface area (Å²) < 4.78 is 68.9. The van der Waals surface area contributed by atoms with Gasteiger partial charge in [-0.3, -0.25) is 0 Å². The lowest BCUT2D eigenvalue weighted by Crippen LogP contribution is -2.41. The summed E-state index contributed by atoms with van der Waals surface area (Å²) in [5.74, 6) is -0.0785. The van der Waals surface area contributed by atoms with E-state index in [2.05, 4.69) is 24.8 Å². The molecule has 1 saturated heterocycles. The average Bonchev–Trinajstić information content (AvgIpc) is 3.15. The van der Waals surface area contributed by atoms with Crippen LogP contribution in [0.1, 0.15) is 27.7 Å². The van der Waals surface area contributed by atoms with Gasteiger partial charge >= 0.3 is 0 Å². The van der Waals surface area contributed by atoms with Crippen LogP contribution in [0.2, 0.25) is 0 Å². The highest BCUT2D eigenvalue weighted by Gasteiger charge is 2.23. The van der Waals surface area contributed by atoms with Crippen molar-refractivity contribution in [3.05, 3.63) is 36.4 Å². The number of anilines is 1. The van der Waals surface area contributed by atoms with Crippen LogP contribution in [0, 0.1) is 5.92 Å². The second-order valence-electron chi connectivity index (χ2n) is 7.04. The number of piperidine rings is 1. The van der Waals surface area contributed by atoms with Crippen LogP contribution in [-0.4, -0.2) is 58.8 Å². The van der Waals surface area contributed by atoms with Crippen molar-refractivity contribution in [2.75, 3.05) is 30.7 Å². The molecule has 0 bridgehead atoms. The number of nitrogens with one attached hydrogen (secondary N) is 1. The molecule has 3 aromatic heterocycles. The number of hydrogen-bond acceptors (Lipinski definition) is 7. The summed E-state index contributed by atoms with van der Waals surface area (Å²) >= 11 is 0. The van der Waals surface area contributed by atoms with Gasteiger partial charge in [-0.2, -0.15) is 5.10 Å². The van der Waals surface area contributed by atoms with E-state index in [1.807, 2.05) is 4.90 Å². The number of halogens is 2. The zero-order valence-electron chi connectivity index (χ0n) is 18.0. The van der Waals surface area contributed by atoms with Crippen LogP contribution in [0.4, 0.5) is 14.6 Å². The third kappa shape index (κ3) is 4.54. The minimum absolute atomic E-state index is 0.243. The van der Waals surface area contributed by atoms with Gasteiger partial charge in [0.1, 0.15) is 23.5 Å². The summed E-state index contributed by atoms with van der Waals surface area (Å²) in [6, 6.07) is 4.32. The smallest absolute Gasteiger partial charge is 0.282 e. The van der Waals surface area contributed by atoms with Crippen LogP contribution >= 0.6 is 0 Å². The van der Waals surface area contributed by atoms with Gasteiger partial charge in [-0.1, -0.05) is 0 Å². The summed E-state index contributed by atoms with van der Waals surface area (Å²) in [7, 11) is -3.72. The Morgan fingerprint density at radius 2 is 2.17 bits per heavy atom. The van der Waals surface area contributed by atoms with Crippen molar-refractivity contribution >= 4 is 21.5 Å². The van der Waals surface area contributed by atoms with Crippen molar-refractivity contribution in [3.63, 3.8) is 0 Å². The summed E-state index contributed by atoms with van der Waals surface area (Å²) in [6.45, 7) is -1.27. The van der Waals surface area contributed by atoms with Crippen molar-refractivity contribution in [1.82, 2.24) is 29.3 Å². The summed E-state index contributed by atoms with van der Waals surface area (Å²) in [5, 5.41) is 3.95. The molecule has 3 aromatic rings. The number of rotatable bonds is 6. The number of alkyl halides is 2. The van der Waals surface area contributed by atoms with Crippen LogP contribution in [-0.2, 0) is 10.0 Å². The lowest BCUT2D eigenvalue weighted by molar-refractivity contribution is 0.144. The van der Waals surface area contributed by atoms with E-state index in [4.69, 9.17) is 2.74 Å². The molecular weight excluding hydrogens is 416 g/mol. The van der Waals surface area contributed by atoms with Gasteiger partial charge in [0.15, 0.2) is 5.65 Å². The molecule has 0 saturated carbocycles. The highest BCUT2D eigenvalue weighted by Crippen LogP contribution is 2.26. The van der Waals surface area contributed by atoms with Crippen LogP contribution in [0.25, 0.3) is 17.0 Å². The molecule has 4 heterocycles. The molecule has 1 unspecified atom stereocenters. The van der Waals surface area contributed by atoms with E-state index in [9.17, 15) is 17.2 Å². The van der Waals surface area contributed by atoms with E-state index in [1.54, 1.807) is 6.07 Å². The Morgan fingerprint density at radius 3 is 2.93 bits per heavy atom. The molecule has 160 valence electrons. The number of fused-ring (bicyclic) bond motifs is 1. The molecule has 0 amide bonds. The normalized spacial score (nSPS) is 19.2. The molecule has 12 heteroatoms. The largest absolute Gasteiger partial charge is 0.356 e. The Bertz CT molecular complexity index is 1240. The van der Waals surface area contributed by atoms with Gasteiger partial charge in [0, 0.05) is 28.4 Å². The SMILES string of the molecule is [2H]C([2H])(NS(C)(=O)=O)C1CCCN(c2cc(-c3cnc4ccc(C(F)F)nn34)ncn2)C1. The minimum atomic E-state index is -3.72. The quantitative estimate of drug-likeness (QED) is 0.625. The maximum atomic E-state index is 13.1. The molecule has 0 aromatic carbocycles. The number of aromatic nitrogens is 5. The van der Waals surface area contributed by atoms with Crippen LogP contribution in [0.5, 0.6) is 0 Å². The molecule has 1 N–H and O–H groups in total. The highest BCUT2D eigenvalue weighted by atomic mass is 32.2. The van der Waals surface area contributed by atoms with Crippen molar-refractivity contribution in [2.24, 2.45) is 5.92 Å². The van der Waals surface area contributed by atoms with Gasteiger partial charge in [0.05, 0.1) is 18.1 Å². The second-order valence-corrected chi connectivity index (χ2v) is 8.79. The van der Waals surface area contributed by atoms with E-state index in [-0.39, 0.29) is 12.2 Å². The fraction of sp³-hybridized carbons (Fsp3) is 0.444. The minimum Gasteiger partial charge on any atom is -0.356 e. The maximum absolute atomic E-state index is 13.1. The molecule has 4 rings (SSSR count). The fourth-order valence-corrected chi connectivity index (χ4v) is 3.71. The van der Waals surface area contributed by atoms with E-state index in [1.165, 1.54) is 29.2 Å². The van der Waals surface area contributed by atoms with Crippen molar-refractivity contribution in [1.29, 1.82) is 0 Å². The first-order valence-electron chi connectivity index (χ1n) is 10.2. The van der Waals surface area contributed by atoms with Crippen LogP contribution in [0.15, 0.2) is 30.7 Å². The van der Waals surface area contributed by atoms with Gasteiger partial charge < -0.3 is 4.90 Å². The van der Waals surface area contributed by atoms with Crippen molar-refractivity contribution in [3.8, 4) is 11.4 Å². The topological polar surface area (TPSA) is 105 Å². The molecule has 1 aliphatic heterocycles. The maximum Gasteiger partial charge on any atom is 0.282 e. The average molecular weight is 439 g/mol. The Labute approximate surface area is 175 Å². The molecule has 1 atom stereocenters. The van der Waals surface area contributed by atoms with E-state index < -0.39 is 28.9 Å². The molecule has 30 heavy (non-hydrogen) atoms. The monoisotopic (exact) mass is 439 g/mol. The molecule has 1 fully saturated rings. The fourth-order valence-electron chi connectivity index (χ4n) is 3.33. The molecule has 1 aliphatic rings. The zero-order valence-corrected chi connectivity index (χ0v) is 16.9. The lowest BCUT2D eigenvalue weighted by atomic mass is 9.98. The summed E-state index contributed by atoms with van der Waals surface area (Å²) in [4.78, 5) is 14.5. The molecule has 0 radical (unpaired) electrons. The molecule has 9 nitrogen and oxygen atoms in total. The van der Waals surface area contributed by atoms with Gasteiger partial charge in [-0.25, -0.2) is 41.4 Å². The predicted octanol–water partition coefficient (Wildman–Crippen LogP) is 1.89. The molecular formula is C18H21F2N7O2S. The lowest BCUT2D eigenvalue weighted by Gasteiger charge is -2.33. The van der Waals surface area contributed by atoms with Gasteiger partial charge in [0.2, 0.25) is 10.0 Å². The third-order valence-corrected chi connectivity index (χ3v) is 5.20. The Hall–Kier alpha value is -2.73. The number of hydrogen-bond donors (Lipinski definition) is 1. The summed E-state index contributed by atoms with van der Waals surface area (Å²) in [6.07, 6.45) is 2.16.